The molecule has 6 nitrogen and oxygen atoms in total. The third kappa shape index (κ3) is 5.18. The second-order valence-electron chi connectivity index (χ2n) is 5.28. The van der Waals surface area contributed by atoms with Gasteiger partial charge in [0.15, 0.2) is 0 Å². The van der Waals surface area contributed by atoms with E-state index >= 15 is 0 Å². The van der Waals surface area contributed by atoms with Crippen LogP contribution in [-0.4, -0.2) is 47.4 Å². The third-order valence-electron chi connectivity index (χ3n) is 3.33. The van der Waals surface area contributed by atoms with E-state index in [2.05, 4.69) is 19.4 Å². The molecule has 1 heterocycles. The van der Waals surface area contributed by atoms with Gasteiger partial charge in [0.25, 0.3) is 12.3 Å². The number of alkyl halides is 6. The van der Waals surface area contributed by atoms with Gasteiger partial charge in [-0.25, -0.2) is 13.2 Å². The van der Waals surface area contributed by atoms with Gasteiger partial charge in [0.2, 0.25) is 12.1 Å². The van der Waals surface area contributed by atoms with Crippen molar-refractivity contribution in [2.24, 2.45) is 0 Å². The number of methoxy groups -OCH3 is 1. The Morgan fingerprint density at radius 1 is 1.22 bits per heavy atom. The van der Waals surface area contributed by atoms with Crippen LogP contribution in [0.5, 0.6) is 0 Å². The Morgan fingerprint density at radius 2 is 1.85 bits per heavy atom. The lowest BCUT2D eigenvalue weighted by Gasteiger charge is -2.25. The smallest absolute Gasteiger partial charge is 0.375 e. The van der Waals surface area contributed by atoms with E-state index in [1.165, 1.54) is 24.3 Å². The summed E-state index contributed by atoms with van der Waals surface area (Å²) in [5.74, 6) is -2.84. The van der Waals surface area contributed by atoms with E-state index in [0.29, 0.717) is 4.90 Å². The van der Waals surface area contributed by atoms with Crippen molar-refractivity contribution in [1.29, 1.82) is 0 Å². The number of ether oxygens (including phenoxy) is 1. The molecule has 27 heavy (non-hydrogen) atoms. The number of rotatable bonds is 7. The van der Waals surface area contributed by atoms with Crippen LogP contribution >= 0.6 is 0 Å². The fourth-order valence-electron chi connectivity index (χ4n) is 2.07. The summed E-state index contributed by atoms with van der Waals surface area (Å²) in [5.41, 5.74) is 0.407. The topological polar surface area (TPSA) is 68.5 Å². The van der Waals surface area contributed by atoms with Crippen molar-refractivity contribution < 1.29 is 40.4 Å². The maximum atomic E-state index is 13.7. The first-order valence-electron chi connectivity index (χ1n) is 7.34. The fraction of sp³-hybridized carbons (Fsp3) is 0.400. The highest BCUT2D eigenvalue weighted by Gasteiger charge is 2.38. The van der Waals surface area contributed by atoms with Crippen LogP contribution in [-0.2, 0) is 22.3 Å². The zero-order valence-corrected chi connectivity index (χ0v) is 13.7. The maximum absolute atomic E-state index is 13.7. The molecule has 0 aliphatic heterocycles. The van der Waals surface area contributed by atoms with Crippen LogP contribution in [0, 0.1) is 0 Å². The summed E-state index contributed by atoms with van der Waals surface area (Å²) in [5, 5.41) is 3.20. The normalized spacial score (nSPS) is 13.0. The van der Waals surface area contributed by atoms with Gasteiger partial charge in [0.05, 0.1) is 0 Å². The largest absolute Gasteiger partial charge is 0.471 e. The van der Waals surface area contributed by atoms with Gasteiger partial charge >= 0.3 is 12.1 Å². The molecule has 0 N–H and O–H groups in total. The van der Waals surface area contributed by atoms with Gasteiger partial charge in [-0.15, -0.1) is 0 Å². The maximum Gasteiger partial charge on any atom is 0.471 e. The fourth-order valence-corrected chi connectivity index (χ4v) is 2.07. The first-order valence-corrected chi connectivity index (χ1v) is 7.34. The Morgan fingerprint density at radius 3 is 2.33 bits per heavy atom. The van der Waals surface area contributed by atoms with Crippen molar-refractivity contribution in [2.75, 3.05) is 13.7 Å². The van der Waals surface area contributed by atoms with Crippen molar-refractivity contribution in [3.05, 3.63) is 35.7 Å². The number of carbonyl (C=O) groups is 1. The van der Waals surface area contributed by atoms with Crippen molar-refractivity contribution in [1.82, 2.24) is 15.0 Å². The second kappa shape index (κ2) is 8.37. The SMILES string of the molecule is COCC(=O)N(Cc1ccc(-c2noc(C(F)(F)F)n2)cc1)C(F)C(F)F. The van der Waals surface area contributed by atoms with Gasteiger partial charge in [-0.1, -0.05) is 29.4 Å². The Hall–Kier alpha value is -2.63. The third-order valence-corrected chi connectivity index (χ3v) is 3.33. The molecular weight excluding hydrogens is 384 g/mol. The van der Waals surface area contributed by atoms with E-state index in [1.807, 2.05) is 0 Å². The number of hydrogen-bond acceptors (Lipinski definition) is 5. The van der Waals surface area contributed by atoms with Crippen LogP contribution < -0.4 is 0 Å². The summed E-state index contributed by atoms with van der Waals surface area (Å²) in [6.45, 7) is -1.08. The van der Waals surface area contributed by atoms with Crippen molar-refractivity contribution in [2.45, 2.75) is 25.4 Å². The molecular formula is C15H13F6N3O3. The molecule has 0 spiro atoms. The molecule has 1 unspecified atom stereocenters. The van der Waals surface area contributed by atoms with E-state index < -0.39 is 43.8 Å². The molecule has 0 saturated carbocycles. The molecule has 0 aliphatic rings. The van der Waals surface area contributed by atoms with Crippen molar-refractivity contribution in [3.63, 3.8) is 0 Å². The summed E-state index contributed by atoms with van der Waals surface area (Å²) in [4.78, 5) is 15.3. The zero-order chi connectivity index (χ0) is 20.2. The molecule has 1 amide bonds. The average Bonchev–Trinajstić information content (AvgIpc) is 3.10. The van der Waals surface area contributed by atoms with E-state index in [-0.39, 0.29) is 17.0 Å². The number of aromatic nitrogens is 2. The molecule has 2 rings (SSSR count). The Bertz CT molecular complexity index is 763. The second-order valence-corrected chi connectivity index (χ2v) is 5.28. The predicted octanol–water partition coefficient (Wildman–Crippen LogP) is 3.29. The minimum absolute atomic E-state index is 0.151. The molecule has 0 radical (unpaired) electrons. The average molecular weight is 397 g/mol. The summed E-state index contributed by atoms with van der Waals surface area (Å²) in [6, 6.07) is 5.19. The predicted molar refractivity (Wildman–Crippen MR) is 78.1 cm³/mol. The van der Waals surface area contributed by atoms with Gasteiger partial charge < -0.3 is 14.2 Å². The first-order chi connectivity index (χ1) is 12.6. The quantitative estimate of drug-likeness (QED) is 0.530. The van der Waals surface area contributed by atoms with E-state index in [1.54, 1.807) is 0 Å². The lowest BCUT2D eigenvalue weighted by molar-refractivity contribution is -0.159. The molecule has 148 valence electrons. The van der Waals surface area contributed by atoms with Gasteiger partial charge in [0, 0.05) is 19.2 Å². The number of carbonyl (C=O) groups excluding carboxylic acids is 1. The molecule has 1 aromatic heterocycles. The lowest BCUT2D eigenvalue weighted by atomic mass is 10.1. The van der Waals surface area contributed by atoms with E-state index in [9.17, 15) is 31.1 Å². The van der Waals surface area contributed by atoms with Gasteiger partial charge in [-0.05, 0) is 5.56 Å². The lowest BCUT2D eigenvalue weighted by Crippen LogP contribution is -2.43. The van der Waals surface area contributed by atoms with E-state index in [0.717, 1.165) is 7.11 Å². The van der Waals surface area contributed by atoms with Crippen LogP contribution in [0.15, 0.2) is 28.8 Å². The standard InChI is InChI=1S/C15H13F6N3O3/c1-26-7-10(25)24(12(18)11(16)17)6-8-2-4-9(5-3-8)13-22-14(27-23-13)15(19,20)21/h2-5,11-12H,6-7H2,1H3. The van der Waals surface area contributed by atoms with Crippen molar-refractivity contribution >= 4 is 5.91 Å². The van der Waals surface area contributed by atoms with E-state index in [4.69, 9.17) is 0 Å². The van der Waals surface area contributed by atoms with Gasteiger partial charge in [-0.2, -0.15) is 18.2 Å². The molecule has 12 heteroatoms. The number of halogens is 6. The van der Waals surface area contributed by atoms with Crippen LogP contribution in [0.3, 0.4) is 0 Å². The molecule has 0 fully saturated rings. The molecule has 0 bridgehead atoms. The highest BCUT2D eigenvalue weighted by Crippen LogP contribution is 2.29. The van der Waals surface area contributed by atoms with Crippen LogP contribution in [0.1, 0.15) is 11.5 Å². The Labute approximate surface area is 148 Å². The number of hydrogen-bond donors (Lipinski definition) is 0. The Balaban J connectivity index is 2.17. The van der Waals surface area contributed by atoms with Crippen molar-refractivity contribution in [3.8, 4) is 11.4 Å². The number of nitrogens with zero attached hydrogens (tertiary/aromatic N) is 3. The monoisotopic (exact) mass is 397 g/mol. The highest BCUT2D eigenvalue weighted by molar-refractivity contribution is 5.77. The molecule has 2 aromatic rings. The summed E-state index contributed by atoms with van der Waals surface area (Å²) in [6.07, 6.45) is -11.0. The van der Waals surface area contributed by atoms with Crippen LogP contribution in [0.2, 0.25) is 0 Å². The molecule has 0 saturated heterocycles. The highest BCUT2D eigenvalue weighted by atomic mass is 19.4. The summed E-state index contributed by atoms with van der Waals surface area (Å²) in [7, 11) is 1.15. The Kier molecular flexibility index (Phi) is 6.41. The zero-order valence-electron chi connectivity index (χ0n) is 13.7. The molecule has 0 aliphatic carbocycles. The minimum Gasteiger partial charge on any atom is -0.375 e. The van der Waals surface area contributed by atoms with Crippen LogP contribution in [0.25, 0.3) is 11.4 Å². The number of benzene rings is 1. The first kappa shape index (κ1) is 20.7. The van der Waals surface area contributed by atoms with Gasteiger partial charge in [-0.3, -0.25) is 4.79 Å². The molecule has 1 atom stereocenters. The van der Waals surface area contributed by atoms with Crippen LogP contribution in [0.4, 0.5) is 26.3 Å². The summed E-state index contributed by atoms with van der Waals surface area (Å²) < 4.78 is 85.0. The van der Waals surface area contributed by atoms with Gasteiger partial charge in [0.1, 0.15) is 6.61 Å². The minimum atomic E-state index is -4.79. The number of amides is 1. The molecule has 1 aromatic carbocycles. The summed E-state index contributed by atoms with van der Waals surface area (Å²) >= 11 is 0.